The molecule has 0 radical (unpaired) electrons. The molecule has 1 aliphatic heterocycles. The zero-order chi connectivity index (χ0) is 12.3. The van der Waals surface area contributed by atoms with Crippen LogP contribution in [-0.4, -0.2) is 29.6 Å². The number of anilines is 1. The molecule has 2 rings (SSSR count). The number of amides is 1. The Balaban J connectivity index is 2.05. The fraction of sp³-hybridized carbons (Fsp3) is 0.455. The van der Waals surface area contributed by atoms with Gasteiger partial charge < -0.3 is 15.8 Å². The van der Waals surface area contributed by atoms with Crippen LogP contribution in [0, 0.1) is 0 Å². The van der Waals surface area contributed by atoms with Gasteiger partial charge >= 0.3 is 0 Å². The van der Waals surface area contributed by atoms with Gasteiger partial charge in [0.2, 0.25) is 5.91 Å². The number of halogens is 1. The zero-order valence-electron chi connectivity index (χ0n) is 9.28. The van der Waals surface area contributed by atoms with Gasteiger partial charge in [-0.25, -0.2) is 4.98 Å². The maximum absolute atomic E-state index is 12.0. The summed E-state index contributed by atoms with van der Waals surface area (Å²) < 4.78 is 5.19. The van der Waals surface area contributed by atoms with E-state index in [-0.39, 0.29) is 5.91 Å². The number of nitrogens with one attached hydrogen (secondary N) is 1. The molecule has 1 aromatic heterocycles. The highest BCUT2D eigenvalue weighted by molar-refractivity contribution is 6.29. The monoisotopic (exact) mass is 255 g/mol. The first-order valence-corrected chi connectivity index (χ1v) is 5.78. The van der Waals surface area contributed by atoms with E-state index in [1.165, 1.54) is 6.20 Å². The number of pyridine rings is 1. The highest BCUT2D eigenvalue weighted by atomic mass is 35.5. The van der Waals surface area contributed by atoms with Crippen LogP contribution in [0.15, 0.2) is 18.3 Å². The lowest BCUT2D eigenvalue weighted by atomic mass is 9.90. The predicted molar refractivity (Wildman–Crippen MR) is 64.8 cm³/mol. The molecule has 0 aromatic carbocycles. The van der Waals surface area contributed by atoms with Gasteiger partial charge in [0.1, 0.15) is 10.7 Å². The number of hydrogen-bond acceptors (Lipinski definition) is 4. The lowest BCUT2D eigenvalue weighted by Gasteiger charge is -2.31. The van der Waals surface area contributed by atoms with Gasteiger partial charge in [-0.05, 0) is 25.0 Å². The van der Waals surface area contributed by atoms with Gasteiger partial charge in [0.15, 0.2) is 0 Å². The summed E-state index contributed by atoms with van der Waals surface area (Å²) in [7, 11) is 0. The van der Waals surface area contributed by atoms with Crippen molar-refractivity contribution in [3.05, 3.63) is 23.5 Å². The summed E-state index contributed by atoms with van der Waals surface area (Å²) in [5.41, 5.74) is 5.80. The number of nitrogens with zero attached hydrogens (tertiary/aromatic N) is 1. The highest BCUT2D eigenvalue weighted by Crippen LogP contribution is 2.20. The first kappa shape index (κ1) is 12.3. The molecule has 1 saturated heterocycles. The molecule has 1 aliphatic rings. The van der Waals surface area contributed by atoms with E-state index < -0.39 is 5.54 Å². The third-order valence-electron chi connectivity index (χ3n) is 2.82. The molecule has 1 fully saturated rings. The average molecular weight is 256 g/mol. The van der Waals surface area contributed by atoms with Crippen molar-refractivity contribution in [3.63, 3.8) is 0 Å². The summed E-state index contributed by atoms with van der Waals surface area (Å²) in [4.78, 5) is 15.9. The van der Waals surface area contributed by atoms with Gasteiger partial charge in [-0.1, -0.05) is 11.6 Å². The van der Waals surface area contributed by atoms with Crippen molar-refractivity contribution in [2.75, 3.05) is 18.5 Å². The molecule has 1 amide bonds. The second-order valence-corrected chi connectivity index (χ2v) is 4.48. The molecule has 92 valence electrons. The van der Waals surface area contributed by atoms with Crippen molar-refractivity contribution in [3.8, 4) is 0 Å². The van der Waals surface area contributed by atoms with Gasteiger partial charge in [-0.3, -0.25) is 4.79 Å². The van der Waals surface area contributed by atoms with Gasteiger partial charge in [0, 0.05) is 25.1 Å². The largest absolute Gasteiger partial charge is 0.381 e. The number of nitrogens with two attached hydrogens (primary N) is 1. The summed E-state index contributed by atoms with van der Waals surface area (Å²) >= 11 is 5.74. The van der Waals surface area contributed by atoms with Crippen LogP contribution in [0.4, 0.5) is 5.69 Å². The number of hydrogen-bond donors (Lipinski definition) is 2. The Labute approximate surface area is 104 Å². The Morgan fingerprint density at radius 1 is 1.53 bits per heavy atom. The second kappa shape index (κ2) is 5.00. The molecular formula is C11H14ClN3O2. The standard InChI is InChI=1S/C11H14ClN3O2/c12-9-7-8(1-4-14-9)15-10(16)11(13)2-5-17-6-3-11/h1,4,7H,2-3,5-6,13H2,(H,14,15,16). The number of carbonyl (C=O) groups excluding carboxylic acids is 1. The van der Waals surface area contributed by atoms with Crippen LogP contribution < -0.4 is 11.1 Å². The van der Waals surface area contributed by atoms with E-state index in [0.717, 1.165) is 0 Å². The quantitative estimate of drug-likeness (QED) is 0.778. The SMILES string of the molecule is NC1(C(=O)Nc2ccnc(Cl)c2)CCOCC1. The molecule has 5 nitrogen and oxygen atoms in total. The van der Waals surface area contributed by atoms with Crippen LogP contribution in [0.25, 0.3) is 0 Å². The van der Waals surface area contributed by atoms with E-state index in [1.807, 2.05) is 0 Å². The van der Waals surface area contributed by atoms with Crippen molar-refractivity contribution in [1.82, 2.24) is 4.98 Å². The molecule has 6 heteroatoms. The van der Waals surface area contributed by atoms with Crippen LogP contribution >= 0.6 is 11.6 Å². The van der Waals surface area contributed by atoms with Crippen LogP contribution in [0.5, 0.6) is 0 Å². The van der Waals surface area contributed by atoms with Crippen molar-refractivity contribution >= 4 is 23.2 Å². The van der Waals surface area contributed by atoms with Gasteiger partial charge in [0.05, 0.1) is 0 Å². The van der Waals surface area contributed by atoms with Crippen molar-refractivity contribution in [2.24, 2.45) is 5.73 Å². The fourth-order valence-electron chi connectivity index (χ4n) is 1.70. The number of carbonyl (C=O) groups is 1. The van der Waals surface area contributed by atoms with E-state index >= 15 is 0 Å². The normalized spacial score (nSPS) is 18.7. The summed E-state index contributed by atoms with van der Waals surface area (Å²) in [6.45, 7) is 1.03. The minimum absolute atomic E-state index is 0.205. The molecule has 1 aromatic rings. The first-order valence-electron chi connectivity index (χ1n) is 5.40. The Hall–Kier alpha value is -1.17. The zero-order valence-corrected chi connectivity index (χ0v) is 10.0. The van der Waals surface area contributed by atoms with Gasteiger partial charge in [-0.2, -0.15) is 0 Å². The van der Waals surface area contributed by atoms with Gasteiger partial charge in [-0.15, -0.1) is 0 Å². The van der Waals surface area contributed by atoms with E-state index in [0.29, 0.717) is 36.9 Å². The summed E-state index contributed by atoms with van der Waals surface area (Å²) in [6, 6.07) is 3.26. The smallest absolute Gasteiger partial charge is 0.244 e. The third-order valence-corrected chi connectivity index (χ3v) is 3.03. The molecular weight excluding hydrogens is 242 g/mol. The number of aromatic nitrogens is 1. The molecule has 0 spiro atoms. The maximum Gasteiger partial charge on any atom is 0.244 e. The third kappa shape index (κ3) is 2.94. The summed E-state index contributed by atoms with van der Waals surface area (Å²) in [6.07, 6.45) is 2.58. The summed E-state index contributed by atoms with van der Waals surface area (Å²) in [5, 5.41) is 3.08. The lowest BCUT2D eigenvalue weighted by molar-refractivity contribution is -0.124. The minimum Gasteiger partial charge on any atom is -0.381 e. The maximum atomic E-state index is 12.0. The van der Waals surface area contributed by atoms with Crippen LogP contribution in [0.3, 0.4) is 0 Å². The van der Waals surface area contributed by atoms with E-state index in [9.17, 15) is 4.79 Å². The second-order valence-electron chi connectivity index (χ2n) is 4.09. The molecule has 0 unspecified atom stereocenters. The summed E-state index contributed by atoms with van der Waals surface area (Å²) in [5.74, 6) is -0.205. The van der Waals surface area contributed by atoms with E-state index in [1.54, 1.807) is 12.1 Å². The predicted octanol–water partition coefficient (Wildman–Crippen LogP) is 1.18. The molecule has 17 heavy (non-hydrogen) atoms. The van der Waals surface area contributed by atoms with Crippen LogP contribution in [-0.2, 0) is 9.53 Å². The number of ether oxygens (including phenoxy) is 1. The van der Waals surface area contributed by atoms with Gasteiger partial charge in [0.25, 0.3) is 0 Å². The van der Waals surface area contributed by atoms with Crippen LogP contribution in [0.2, 0.25) is 5.15 Å². The Kier molecular flexibility index (Phi) is 3.61. The topological polar surface area (TPSA) is 77.2 Å². The Morgan fingerprint density at radius 3 is 2.88 bits per heavy atom. The first-order chi connectivity index (χ1) is 8.10. The molecule has 0 bridgehead atoms. The highest BCUT2D eigenvalue weighted by Gasteiger charge is 2.35. The lowest BCUT2D eigenvalue weighted by Crippen LogP contribution is -2.54. The van der Waals surface area contributed by atoms with Crippen molar-refractivity contribution < 1.29 is 9.53 Å². The Morgan fingerprint density at radius 2 is 2.24 bits per heavy atom. The molecule has 2 heterocycles. The fourth-order valence-corrected chi connectivity index (χ4v) is 1.87. The van der Waals surface area contributed by atoms with Crippen LogP contribution in [0.1, 0.15) is 12.8 Å². The minimum atomic E-state index is -0.853. The average Bonchev–Trinajstić information content (AvgIpc) is 2.30. The van der Waals surface area contributed by atoms with E-state index in [2.05, 4.69) is 10.3 Å². The van der Waals surface area contributed by atoms with E-state index in [4.69, 9.17) is 22.1 Å². The molecule has 0 saturated carbocycles. The van der Waals surface area contributed by atoms with Crippen molar-refractivity contribution in [1.29, 1.82) is 0 Å². The number of rotatable bonds is 2. The van der Waals surface area contributed by atoms with Crippen molar-refractivity contribution in [2.45, 2.75) is 18.4 Å². The molecule has 0 atom stereocenters. The molecule has 3 N–H and O–H groups in total. The molecule has 0 aliphatic carbocycles. The Bertz CT molecular complexity index is 419.